The van der Waals surface area contributed by atoms with Gasteiger partial charge in [0.1, 0.15) is 0 Å². The number of benzene rings is 1. The van der Waals surface area contributed by atoms with Gasteiger partial charge >= 0.3 is 5.97 Å². The summed E-state index contributed by atoms with van der Waals surface area (Å²) in [7, 11) is 0. The Hall–Kier alpha value is -1.55. The van der Waals surface area contributed by atoms with Crippen LogP contribution < -0.4 is 5.32 Å². The molecule has 0 bridgehead atoms. The lowest BCUT2D eigenvalue weighted by molar-refractivity contribution is -0.141. The third-order valence-electron chi connectivity index (χ3n) is 3.10. The number of hydrogen-bond acceptors (Lipinski definition) is 2. The Kier molecular flexibility index (Phi) is 4.95. The third kappa shape index (κ3) is 3.96. The van der Waals surface area contributed by atoms with Crippen molar-refractivity contribution >= 4 is 23.5 Å². The molecule has 104 valence electrons. The molecule has 1 amide bonds. The summed E-state index contributed by atoms with van der Waals surface area (Å²) < 4.78 is 0. The zero-order valence-corrected chi connectivity index (χ0v) is 12.0. The summed E-state index contributed by atoms with van der Waals surface area (Å²) in [5, 5.41) is 12.0. The predicted octanol–water partition coefficient (Wildman–Crippen LogP) is 2.45. The molecule has 0 spiro atoms. The van der Waals surface area contributed by atoms with Gasteiger partial charge in [0.15, 0.2) is 0 Å². The van der Waals surface area contributed by atoms with Crippen LogP contribution in [0.1, 0.15) is 26.3 Å². The molecule has 0 aliphatic carbocycles. The normalized spacial score (nSPS) is 12.8. The maximum absolute atomic E-state index is 12.2. The summed E-state index contributed by atoms with van der Waals surface area (Å²) in [6.07, 6.45) is 0. The number of nitrogens with one attached hydrogen (secondary N) is 1. The Morgan fingerprint density at radius 1 is 1.42 bits per heavy atom. The molecule has 0 saturated carbocycles. The highest BCUT2D eigenvalue weighted by Crippen LogP contribution is 2.25. The third-order valence-corrected chi connectivity index (χ3v) is 3.34. The second kappa shape index (κ2) is 6.06. The highest BCUT2D eigenvalue weighted by Gasteiger charge is 2.30. The fourth-order valence-corrected chi connectivity index (χ4v) is 1.75. The van der Waals surface area contributed by atoms with E-state index in [1.165, 1.54) is 0 Å². The van der Waals surface area contributed by atoms with Crippen LogP contribution in [-0.4, -0.2) is 23.5 Å². The summed E-state index contributed by atoms with van der Waals surface area (Å²) in [4.78, 5) is 22.9. The number of amides is 1. The summed E-state index contributed by atoms with van der Waals surface area (Å²) in [5.74, 6) is -1.76. The van der Waals surface area contributed by atoms with Gasteiger partial charge in [0.25, 0.3) is 0 Å². The van der Waals surface area contributed by atoms with E-state index in [2.05, 4.69) is 5.32 Å². The number of halogens is 1. The van der Waals surface area contributed by atoms with Crippen molar-refractivity contribution in [2.45, 2.75) is 26.2 Å². The van der Waals surface area contributed by atoms with E-state index < -0.39 is 17.3 Å². The minimum atomic E-state index is -0.930. The number of hydrogen-bond donors (Lipinski definition) is 2. The van der Waals surface area contributed by atoms with E-state index >= 15 is 0 Å². The zero-order chi connectivity index (χ0) is 14.6. The van der Waals surface area contributed by atoms with Crippen LogP contribution in [0.15, 0.2) is 24.3 Å². The first kappa shape index (κ1) is 15.5. The van der Waals surface area contributed by atoms with Crippen LogP contribution in [-0.2, 0) is 15.0 Å². The number of carbonyl (C=O) groups excluding carboxylic acids is 1. The van der Waals surface area contributed by atoms with Crippen molar-refractivity contribution in [1.29, 1.82) is 0 Å². The molecular weight excluding hydrogens is 266 g/mol. The number of aliphatic carboxylic acids is 1. The van der Waals surface area contributed by atoms with E-state index in [0.29, 0.717) is 5.02 Å². The number of rotatable bonds is 5. The molecule has 0 aliphatic heterocycles. The average Bonchev–Trinajstić information content (AvgIpc) is 2.35. The molecule has 1 aromatic carbocycles. The predicted molar refractivity (Wildman–Crippen MR) is 74.3 cm³/mol. The van der Waals surface area contributed by atoms with Gasteiger partial charge in [0.2, 0.25) is 5.91 Å². The average molecular weight is 284 g/mol. The quantitative estimate of drug-likeness (QED) is 0.872. The Morgan fingerprint density at radius 2 is 2.05 bits per heavy atom. The summed E-state index contributed by atoms with van der Waals surface area (Å²) in [6.45, 7) is 5.21. The van der Waals surface area contributed by atoms with E-state index in [-0.39, 0.29) is 12.5 Å². The van der Waals surface area contributed by atoms with Crippen LogP contribution in [0.2, 0.25) is 5.02 Å². The minimum Gasteiger partial charge on any atom is -0.481 e. The molecule has 0 aliphatic rings. The minimum absolute atomic E-state index is 0.109. The molecule has 1 atom stereocenters. The molecule has 5 heteroatoms. The van der Waals surface area contributed by atoms with E-state index in [4.69, 9.17) is 16.7 Å². The zero-order valence-electron chi connectivity index (χ0n) is 11.2. The van der Waals surface area contributed by atoms with Crippen LogP contribution in [0.5, 0.6) is 0 Å². The molecule has 1 rings (SSSR count). The van der Waals surface area contributed by atoms with Crippen molar-refractivity contribution < 1.29 is 14.7 Å². The van der Waals surface area contributed by atoms with Crippen molar-refractivity contribution in [1.82, 2.24) is 5.32 Å². The Morgan fingerprint density at radius 3 is 2.58 bits per heavy atom. The van der Waals surface area contributed by atoms with Gasteiger partial charge in [-0.1, -0.05) is 30.7 Å². The van der Waals surface area contributed by atoms with Crippen molar-refractivity contribution in [3.05, 3.63) is 34.9 Å². The molecule has 1 unspecified atom stereocenters. The molecule has 0 saturated heterocycles. The summed E-state index contributed by atoms with van der Waals surface area (Å²) >= 11 is 5.92. The first-order valence-electron chi connectivity index (χ1n) is 6.02. The van der Waals surface area contributed by atoms with Gasteiger partial charge in [-0.3, -0.25) is 9.59 Å². The SMILES string of the molecule is CC(CNC(=O)C(C)(C)c1cccc(Cl)c1)C(=O)O. The van der Waals surface area contributed by atoms with Gasteiger partial charge in [-0.15, -0.1) is 0 Å². The van der Waals surface area contributed by atoms with Gasteiger partial charge in [0.05, 0.1) is 11.3 Å². The first-order chi connectivity index (χ1) is 8.75. The lowest BCUT2D eigenvalue weighted by atomic mass is 9.83. The van der Waals surface area contributed by atoms with Gasteiger partial charge in [-0.2, -0.15) is 0 Å². The Labute approximate surface area is 117 Å². The molecule has 19 heavy (non-hydrogen) atoms. The molecule has 1 aromatic rings. The van der Waals surface area contributed by atoms with Crippen molar-refractivity contribution in [3.63, 3.8) is 0 Å². The topological polar surface area (TPSA) is 66.4 Å². The van der Waals surface area contributed by atoms with E-state index in [9.17, 15) is 9.59 Å². The lowest BCUT2D eigenvalue weighted by Crippen LogP contribution is -2.42. The van der Waals surface area contributed by atoms with Crippen molar-refractivity contribution in [2.24, 2.45) is 5.92 Å². The Bertz CT molecular complexity index is 485. The second-order valence-electron chi connectivity index (χ2n) is 5.08. The first-order valence-corrected chi connectivity index (χ1v) is 6.40. The van der Waals surface area contributed by atoms with E-state index in [1.807, 2.05) is 6.07 Å². The lowest BCUT2D eigenvalue weighted by Gasteiger charge is -2.25. The van der Waals surface area contributed by atoms with Crippen LogP contribution >= 0.6 is 11.6 Å². The number of carboxylic acids is 1. The molecule has 0 fully saturated rings. The monoisotopic (exact) mass is 283 g/mol. The largest absolute Gasteiger partial charge is 0.481 e. The van der Waals surface area contributed by atoms with Crippen molar-refractivity contribution in [2.75, 3.05) is 6.54 Å². The molecule has 0 radical (unpaired) electrons. The maximum atomic E-state index is 12.2. The Balaban J connectivity index is 2.77. The number of carboxylic acid groups (broad SMARTS) is 1. The van der Waals surface area contributed by atoms with Gasteiger partial charge < -0.3 is 10.4 Å². The van der Waals surface area contributed by atoms with Gasteiger partial charge in [0, 0.05) is 11.6 Å². The van der Waals surface area contributed by atoms with Gasteiger partial charge in [-0.25, -0.2) is 0 Å². The van der Waals surface area contributed by atoms with Crippen LogP contribution in [0, 0.1) is 5.92 Å². The highest BCUT2D eigenvalue weighted by atomic mass is 35.5. The second-order valence-corrected chi connectivity index (χ2v) is 5.52. The van der Waals surface area contributed by atoms with Crippen LogP contribution in [0.4, 0.5) is 0 Å². The number of carbonyl (C=O) groups is 2. The molecular formula is C14H18ClNO3. The standard InChI is InChI=1S/C14H18ClNO3/c1-9(12(17)18)8-16-13(19)14(2,3)10-5-4-6-11(15)7-10/h4-7,9H,8H2,1-3H3,(H,16,19)(H,17,18). The fourth-order valence-electron chi connectivity index (χ4n) is 1.56. The maximum Gasteiger partial charge on any atom is 0.308 e. The molecule has 0 heterocycles. The molecule has 4 nitrogen and oxygen atoms in total. The fraction of sp³-hybridized carbons (Fsp3) is 0.429. The van der Waals surface area contributed by atoms with Crippen LogP contribution in [0.3, 0.4) is 0 Å². The molecule has 0 aromatic heterocycles. The molecule has 2 N–H and O–H groups in total. The van der Waals surface area contributed by atoms with E-state index in [1.54, 1.807) is 39.0 Å². The van der Waals surface area contributed by atoms with Gasteiger partial charge in [-0.05, 0) is 31.5 Å². The van der Waals surface area contributed by atoms with E-state index in [0.717, 1.165) is 5.56 Å². The summed E-state index contributed by atoms with van der Waals surface area (Å²) in [6, 6.07) is 7.09. The van der Waals surface area contributed by atoms with Crippen molar-refractivity contribution in [3.8, 4) is 0 Å². The summed E-state index contributed by atoms with van der Waals surface area (Å²) in [5.41, 5.74) is 0.0313. The highest BCUT2D eigenvalue weighted by molar-refractivity contribution is 6.30. The van der Waals surface area contributed by atoms with Crippen LogP contribution in [0.25, 0.3) is 0 Å². The smallest absolute Gasteiger partial charge is 0.308 e.